The van der Waals surface area contributed by atoms with Crippen LogP contribution in [0.25, 0.3) is 0 Å². The highest BCUT2D eigenvalue weighted by Gasteiger charge is 2.17. The third-order valence-corrected chi connectivity index (χ3v) is 1.93. The average Bonchev–Trinajstić information content (AvgIpc) is 2.21. The Bertz CT molecular complexity index is 144. The van der Waals surface area contributed by atoms with E-state index in [4.69, 9.17) is 5.11 Å². The highest BCUT2D eigenvalue weighted by molar-refractivity contribution is 5.70. The van der Waals surface area contributed by atoms with Gasteiger partial charge in [0.05, 0.1) is 19.1 Å². The Kier molecular flexibility index (Phi) is 12.9. The predicted octanol–water partition coefficient (Wildman–Crippen LogP) is 2.76. The minimum absolute atomic E-state index is 0.167. The van der Waals surface area contributed by atoms with E-state index in [1.165, 1.54) is 6.42 Å². The summed E-state index contributed by atoms with van der Waals surface area (Å²) in [6.45, 7) is 11.0. The van der Waals surface area contributed by atoms with Crippen molar-refractivity contribution in [3.63, 3.8) is 0 Å². The Morgan fingerprint density at radius 1 is 1.47 bits per heavy atom. The maximum absolute atomic E-state index is 10.3. The van der Waals surface area contributed by atoms with Crippen molar-refractivity contribution in [2.75, 3.05) is 6.61 Å². The van der Waals surface area contributed by atoms with Crippen LogP contribution >= 0.6 is 0 Å². The van der Waals surface area contributed by atoms with Crippen molar-refractivity contribution < 1.29 is 14.6 Å². The van der Waals surface area contributed by atoms with Crippen LogP contribution in [-0.4, -0.2) is 23.8 Å². The summed E-state index contributed by atoms with van der Waals surface area (Å²) in [4.78, 5) is 10.3. The number of carbonyl (C=O) groups is 1. The molecule has 1 N–H and O–H groups in total. The zero-order chi connectivity index (χ0) is 12.3. The Balaban J connectivity index is 0. The Morgan fingerprint density at radius 2 is 1.93 bits per heavy atom. The summed E-state index contributed by atoms with van der Waals surface area (Å²) in [5, 5.41) is 8.78. The number of aliphatic hydroxyl groups excluding tert-OH is 1. The van der Waals surface area contributed by atoms with Gasteiger partial charge in [0.2, 0.25) is 0 Å². The maximum Gasteiger partial charge on any atom is 0.308 e. The molecule has 1 fully saturated rings. The summed E-state index contributed by atoms with van der Waals surface area (Å²) >= 11 is 0. The molecule has 0 aromatic heterocycles. The largest absolute Gasteiger partial charge is 0.465 e. The molecule has 0 aliphatic carbocycles. The third-order valence-electron chi connectivity index (χ3n) is 1.93. The molecule has 0 spiro atoms. The molecule has 1 saturated heterocycles. The van der Waals surface area contributed by atoms with Crippen LogP contribution in [0.2, 0.25) is 0 Å². The van der Waals surface area contributed by atoms with E-state index in [1.807, 2.05) is 13.8 Å². The molecule has 1 heterocycles. The van der Waals surface area contributed by atoms with E-state index in [1.54, 1.807) is 0 Å². The molecule has 0 aromatic rings. The van der Waals surface area contributed by atoms with Crippen LogP contribution in [0, 0.1) is 5.92 Å². The molecule has 92 valence electrons. The molecule has 0 amide bonds. The molecule has 3 nitrogen and oxygen atoms in total. The zero-order valence-corrected chi connectivity index (χ0v) is 10.7. The quantitative estimate of drug-likeness (QED) is 0.688. The van der Waals surface area contributed by atoms with Crippen molar-refractivity contribution in [2.24, 2.45) is 5.92 Å². The summed E-state index contributed by atoms with van der Waals surface area (Å²) in [6.07, 6.45) is 1.60. The van der Waals surface area contributed by atoms with Gasteiger partial charge in [0.1, 0.15) is 0 Å². The van der Waals surface area contributed by atoms with Crippen LogP contribution in [0.5, 0.6) is 0 Å². The van der Waals surface area contributed by atoms with E-state index in [9.17, 15) is 4.79 Å². The first-order chi connectivity index (χ1) is 7.06. The zero-order valence-electron chi connectivity index (χ0n) is 10.7. The minimum atomic E-state index is -0.462. The van der Waals surface area contributed by atoms with E-state index >= 15 is 0 Å². The van der Waals surface area contributed by atoms with Crippen molar-refractivity contribution in [3.8, 4) is 0 Å². The third kappa shape index (κ3) is 13.4. The van der Waals surface area contributed by atoms with Gasteiger partial charge in [0.25, 0.3) is 0 Å². The van der Waals surface area contributed by atoms with E-state index in [-0.39, 0.29) is 12.4 Å². The number of hydrogen-bond donors (Lipinski definition) is 1. The average molecular weight is 218 g/mol. The molecule has 0 aromatic carbocycles. The summed E-state index contributed by atoms with van der Waals surface area (Å²) in [6, 6.07) is 0. The lowest BCUT2D eigenvalue weighted by molar-refractivity contribution is -0.151. The molecule has 1 aliphatic heterocycles. The Hall–Kier alpha value is -0.570. The fourth-order valence-corrected chi connectivity index (χ4v) is 0.662. The van der Waals surface area contributed by atoms with Crippen molar-refractivity contribution in [3.05, 3.63) is 0 Å². The highest BCUT2D eigenvalue weighted by atomic mass is 16.5. The van der Waals surface area contributed by atoms with Crippen LogP contribution in [0.4, 0.5) is 0 Å². The molecule has 3 heteroatoms. The molecule has 1 aliphatic rings. The number of ether oxygens (including phenoxy) is 1. The fraction of sp³-hybridized carbons (Fsp3) is 0.917. The normalized spacial score (nSPS) is 19.4. The molecular formula is C12H26O3. The summed E-state index contributed by atoms with van der Waals surface area (Å²) in [5.74, 6) is 0.596. The molecule has 1 rings (SSSR count). The summed E-state index contributed by atoms with van der Waals surface area (Å²) in [5.41, 5.74) is 0. The van der Waals surface area contributed by atoms with Gasteiger partial charge in [-0.3, -0.25) is 4.79 Å². The SMILES string of the molecule is CC.CCC(C)C.O=C1CC(O)CCO1. The Morgan fingerprint density at radius 3 is 2.13 bits per heavy atom. The summed E-state index contributed by atoms with van der Waals surface area (Å²) in [7, 11) is 0. The van der Waals surface area contributed by atoms with E-state index in [2.05, 4.69) is 25.5 Å². The predicted molar refractivity (Wildman–Crippen MR) is 62.7 cm³/mol. The van der Waals surface area contributed by atoms with Gasteiger partial charge in [-0.15, -0.1) is 0 Å². The lowest BCUT2D eigenvalue weighted by Gasteiger charge is -2.15. The first-order valence-electron chi connectivity index (χ1n) is 5.90. The smallest absolute Gasteiger partial charge is 0.308 e. The first-order valence-corrected chi connectivity index (χ1v) is 5.90. The number of carbonyl (C=O) groups excluding carboxylic acids is 1. The standard InChI is InChI=1S/C5H8O3.C5H12.C2H6/c6-4-1-2-8-5(7)3-4;1-4-5(2)3;1-2/h4,6H,1-3H2;5H,4H2,1-3H3;1-2H3. The number of esters is 1. The maximum atomic E-state index is 10.3. The number of hydrogen-bond acceptors (Lipinski definition) is 3. The molecule has 1 atom stereocenters. The van der Waals surface area contributed by atoms with Gasteiger partial charge in [-0.05, 0) is 5.92 Å². The van der Waals surface area contributed by atoms with Crippen LogP contribution in [-0.2, 0) is 9.53 Å². The van der Waals surface area contributed by atoms with Gasteiger partial charge >= 0.3 is 5.97 Å². The van der Waals surface area contributed by atoms with Crippen molar-refractivity contribution in [1.82, 2.24) is 0 Å². The lowest BCUT2D eigenvalue weighted by atomic mass is 10.2. The second-order valence-corrected chi connectivity index (χ2v) is 3.67. The van der Waals surface area contributed by atoms with Crippen LogP contribution in [0.15, 0.2) is 0 Å². The topological polar surface area (TPSA) is 46.5 Å². The minimum Gasteiger partial charge on any atom is -0.465 e. The number of rotatable bonds is 1. The molecule has 0 bridgehead atoms. The number of cyclic esters (lactones) is 1. The van der Waals surface area contributed by atoms with Crippen molar-refractivity contribution in [2.45, 2.75) is 60.0 Å². The molecule has 15 heavy (non-hydrogen) atoms. The van der Waals surface area contributed by atoms with Crippen LogP contribution in [0.3, 0.4) is 0 Å². The van der Waals surface area contributed by atoms with E-state index in [0.29, 0.717) is 13.0 Å². The first kappa shape index (κ1) is 16.8. The molecular weight excluding hydrogens is 192 g/mol. The fourth-order valence-electron chi connectivity index (χ4n) is 0.662. The van der Waals surface area contributed by atoms with E-state index in [0.717, 1.165) is 5.92 Å². The van der Waals surface area contributed by atoms with Crippen molar-refractivity contribution >= 4 is 5.97 Å². The second kappa shape index (κ2) is 11.5. The molecule has 0 saturated carbocycles. The van der Waals surface area contributed by atoms with Gasteiger partial charge < -0.3 is 9.84 Å². The summed E-state index contributed by atoms with van der Waals surface area (Å²) < 4.78 is 4.55. The van der Waals surface area contributed by atoms with Gasteiger partial charge in [0.15, 0.2) is 0 Å². The highest BCUT2D eigenvalue weighted by Crippen LogP contribution is 2.05. The molecule has 0 radical (unpaired) electrons. The van der Waals surface area contributed by atoms with Crippen molar-refractivity contribution in [1.29, 1.82) is 0 Å². The van der Waals surface area contributed by atoms with Crippen LogP contribution < -0.4 is 0 Å². The monoisotopic (exact) mass is 218 g/mol. The van der Waals surface area contributed by atoms with Gasteiger partial charge in [-0.1, -0.05) is 41.0 Å². The Labute approximate surface area is 93.8 Å². The van der Waals surface area contributed by atoms with Crippen LogP contribution in [0.1, 0.15) is 53.9 Å². The van der Waals surface area contributed by atoms with Gasteiger partial charge in [-0.25, -0.2) is 0 Å². The van der Waals surface area contributed by atoms with E-state index < -0.39 is 6.10 Å². The van der Waals surface area contributed by atoms with Gasteiger partial charge in [-0.2, -0.15) is 0 Å². The lowest BCUT2D eigenvalue weighted by Crippen LogP contribution is -2.24. The molecule has 1 unspecified atom stereocenters. The number of aliphatic hydroxyl groups is 1. The van der Waals surface area contributed by atoms with Gasteiger partial charge in [0, 0.05) is 6.42 Å². The second-order valence-electron chi connectivity index (χ2n) is 3.67.